The largest absolute Gasteiger partial charge is 0.494 e. The van der Waals surface area contributed by atoms with Crippen molar-refractivity contribution in [3.63, 3.8) is 0 Å². The molecule has 0 radical (unpaired) electrons. The van der Waals surface area contributed by atoms with Gasteiger partial charge >= 0.3 is 0 Å². The molecular weight excluding hydrogens is 208 g/mol. The minimum Gasteiger partial charge on any atom is -0.494 e. The van der Waals surface area contributed by atoms with Gasteiger partial charge in [0.2, 0.25) is 0 Å². The van der Waals surface area contributed by atoms with Crippen molar-refractivity contribution in [2.24, 2.45) is 5.73 Å². The third-order valence-corrected chi connectivity index (χ3v) is 2.07. The Morgan fingerprint density at radius 1 is 1.50 bits per heavy atom. The summed E-state index contributed by atoms with van der Waals surface area (Å²) in [5.41, 5.74) is 6.14. The maximum atomic E-state index is 5.41. The molecule has 0 aliphatic heterocycles. The standard InChI is InChI=1S/C10H12N4O2/c1-15-8-6-12-5-3-7(8)10-13-9(2-4-11)14-16-10/h3,5-6H,2,4,11H2,1H3. The number of aromatic nitrogens is 3. The minimum absolute atomic E-state index is 0.419. The molecule has 0 spiro atoms. The Kier molecular flexibility index (Phi) is 3.11. The van der Waals surface area contributed by atoms with E-state index in [2.05, 4.69) is 15.1 Å². The second-order valence-electron chi connectivity index (χ2n) is 3.13. The van der Waals surface area contributed by atoms with Crippen molar-refractivity contribution < 1.29 is 9.26 Å². The summed E-state index contributed by atoms with van der Waals surface area (Å²) in [5.74, 6) is 1.62. The molecule has 0 aliphatic carbocycles. The first kappa shape index (κ1) is 10.6. The van der Waals surface area contributed by atoms with E-state index in [0.29, 0.717) is 30.4 Å². The van der Waals surface area contributed by atoms with E-state index >= 15 is 0 Å². The van der Waals surface area contributed by atoms with Crippen molar-refractivity contribution in [3.8, 4) is 17.2 Å². The van der Waals surface area contributed by atoms with E-state index in [4.69, 9.17) is 15.0 Å². The molecule has 6 nitrogen and oxygen atoms in total. The van der Waals surface area contributed by atoms with Crippen LogP contribution in [0, 0.1) is 0 Å². The number of hydrogen-bond donors (Lipinski definition) is 1. The van der Waals surface area contributed by atoms with Crippen LogP contribution in [-0.2, 0) is 6.42 Å². The van der Waals surface area contributed by atoms with E-state index in [1.807, 2.05) is 0 Å². The van der Waals surface area contributed by atoms with Crippen LogP contribution in [0.4, 0.5) is 0 Å². The molecule has 6 heteroatoms. The average molecular weight is 220 g/mol. The lowest BCUT2D eigenvalue weighted by Crippen LogP contribution is -2.03. The minimum atomic E-state index is 0.419. The van der Waals surface area contributed by atoms with Gasteiger partial charge in [0, 0.05) is 12.6 Å². The lowest BCUT2D eigenvalue weighted by Gasteiger charge is -2.01. The zero-order valence-electron chi connectivity index (χ0n) is 8.88. The van der Waals surface area contributed by atoms with E-state index in [-0.39, 0.29) is 0 Å². The third kappa shape index (κ3) is 2.01. The summed E-state index contributed by atoms with van der Waals surface area (Å²) < 4.78 is 10.3. The molecule has 2 aromatic rings. The molecule has 0 saturated heterocycles. The Bertz CT molecular complexity index is 469. The maximum Gasteiger partial charge on any atom is 0.261 e. The van der Waals surface area contributed by atoms with Gasteiger partial charge in [-0.25, -0.2) is 0 Å². The van der Waals surface area contributed by atoms with Gasteiger partial charge in [-0.1, -0.05) is 5.16 Å². The molecule has 0 atom stereocenters. The molecule has 0 bridgehead atoms. The quantitative estimate of drug-likeness (QED) is 0.813. The summed E-state index contributed by atoms with van der Waals surface area (Å²) >= 11 is 0. The van der Waals surface area contributed by atoms with E-state index in [1.54, 1.807) is 25.6 Å². The number of nitrogens with zero attached hydrogens (tertiary/aromatic N) is 3. The highest BCUT2D eigenvalue weighted by Crippen LogP contribution is 2.26. The van der Waals surface area contributed by atoms with Gasteiger partial charge in [-0.05, 0) is 12.6 Å². The Balaban J connectivity index is 2.34. The van der Waals surface area contributed by atoms with Gasteiger partial charge in [0.05, 0.1) is 18.9 Å². The van der Waals surface area contributed by atoms with Gasteiger partial charge in [0.1, 0.15) is 5.75 Å². The summed E-state index contributed by atoms with van der Waals surface area (Å²) in [7, 11) is 1.57. The van der Waals surface area contributed by atoms with Gasteiger partial charge in [0.25, 0.3) is 5.89 Å². The Hall–Kier alpha value is -1.95. The van der Waals surface area contributed by atoms with Gasteiger partial charge < -0.3 is 15.0 Å². The first-order valence-corrected chi connectivity index (χ1v) is 4.86. The number of methoxy groups -OCH3 is 1. The van der Waals surface area contributed by atoms with Crippen molar-refractivity contribution in [1.29, 1.82) is 0 Å². The van der Waals surface area contributed by atoms with Crippen LogP contribution in [0.2, 0.25) is 0 Å². The smallest absolute Gasteiger partial charge is 0.261 e. The summed E-state index contributed by atoms with van der Waals surface area (Å²) in [6.07, 6.45) is 3.84. The van der Waals surface area contributed by atoms with Crippen LogP contribution in [-0.4, -0.2) is 28.8 Å². The van der Waals surface area contributed by atoms with Gasteiger partial charge in [-0.15, -0.1) is 0 Å². The fraction of sp³-hybridized carbons (Fsp3) is 0.300. The van der Waals surface area contributed by atoms with Crippen LogP contribution < -0.4 is 10.5 Å². The van der Waals surface area contributed by atoms with Crippen molar-refractivity contribution in [2.75, 3.05) is 13.7 Å². The second kappa shape index (κ2) is 4.71. The Morgan fingerprint density at radius 2 is 2.38 bits per heavy atom. The van der Waals surface area contributed by atoms with Gasteiger partial charge in [-0.3, -0.25) is 4.98 Å². The first-order chi connectivity index (χ1) is 7.85. The van der Waals surface area contributed by atoms with E-state index in [1.165, 1.54) is 0 Å². The molecule has 2 aromatic heterocycles. The number of hydrogen-bond acceptors (Lipinski definition) is 6. The van der Waals surface area contributed by atoms with Crippen LogP contribution in [0.15, 0.2) is 23.0 Å². The zero-order chi connectivity index (χ0) is 11.4. The number of nitrogens with two attached hydrogens (primary N) is 1. The van der Waals surface area contributed by atoms with E-state index < -0.39 is 0 Å². The normalized spacial score (nSPS) is 10.4. The molecular formula is C10H12N4O2. The van der Waals surface area contributed by atoms with Crippen LogP contribution in [0.5, 0.6) is 5.75 Å². The molecule has 0 saturated carbocycles. The van der Waals surface area contributed by atoms with E-state index in [9.17, 15) is 0 Å². The van der Waals surface area contributed by atoms with Crippen molar-refractivity contribution in [2.45, 2.75) is 6.42 Å². The molecule has 0 fully saturated rings. The summed E-state index contributed by atoms with van der Waals surface area (Å²) in [4.78, 5) is 8.16. The molecule has 0 aliphatic rings. The molecule has 0 amide bonds. The second-order valence-corrected chi connectivity index (χ2v) is 3.13. The first-order valence-electron chi connectivity index (χ1n) is 4.86. The zero-order valence-corrected chi connectivity index (χ0v) is 8.88. The molecule has 84 valence electrons. The molecule has 2 heterocycles. The number of ether oxygens (including phenoxy) is 1. The lowest BCUT2D eigenvalue weighted by molar-refractivity contribution is 0.401. The summed E-state index contributed by atoms with van der Waals surface area (Å²) in [5, 5.41) is 3.82. The maximum absolute atomic E-state index is 5.41. The van der Waals surface area contributed by atoms with Crippen LogP contribution in [0.25, 0.3) is 11.5 Å². The summed E-state index contributed by atoms with van der Waals surface area (Å²) in [6.45, 7) is 0.493. The lowest BCUT2D eigenvalue weighted by atomic mass is 10.2. The highest BCUT2D eigenvalue weighted by molar-refractivity contribution is 5.61. The topological polar surface area (TPSA) is 87.1 Å². The van der Waals surface area contributed by atoms with E-state index in [0.717, 1.165) is 5.56 Å². The average Bonchev–Trinajstić information content (AvgIpc) is 2.78. The predicted octanol–water partition coefficient (Wildman–Crippen LogP) is 0.641. The van der Waals surface area contributed by atoms with Crippen molar-refractivity contribution >= 4 is 0 Å². The fourth-order valence-corrected chi connectivity index (χ4v) is 1.31. The van der Waals surface area contributed by atoms with Crippen LogP contribution >= 0.6 is 0 Å². The summed E-state index contributed by atoms with van der Waals surface area (Å²) in [6, 6.07) is 1.76. The molecule has 16 heavy (non-hydrogen) atoms. The fourth-order valence-electron chi connectivity index (χ4n) is 1.31. The molecule has 0 aromatic carbocycles. The highest BCUT2D eigenvalue weighted by atomic mass is 16.5. The molecule has 2 N–H and O–H groups in total. The van der Waals surface area contributed by atoms with Crippen molar-refractivity contribution in [1.82, 2.24) is 15.1 Å². The molecule has 0 unspecified atom stereocenters. The monoisotopic (exact) mass is 220 g/mol. The van der Waals surface area contributed by atoms with Gasteiger partial charge in [-0.2, -0.15) is 4.98 Å². The molecule has 2 rings (SSSR count). The number of pyridine rings is 1. The number of rotatable bonds is 4. The Labute approximate surface area is 92.4 Å². The highest BCUT2D eigenvalue weighted by Gasteiger charge is 2.12. The predicted molar refractivity (Wildman–Crippen MR) is 56.8 cm³/mol. The van der Waals surface area contributed by atoms with Gasteiger partial charge in [0.15, 0.2) is 5.82 Å². The Morgan fingerprint density at radius 3 is 3.12 bits per heavy atom. The van der Waals surface area contributed by atoms with Crippen LogP contribution in [0.3, 0.4) is 0 Å². The SMILES string of the molecule is COc1cnccc1-c1nc(CCN)no1. The van der Waals surface area contributed by atoms with Crippen molar-refractivity contribution in [3.05, 3.63) is 24.3 Å². The third-order valence-electron chi connectivity index (χ3n) is 2.07. The van der Waals surface area contributed by atoms with Crippen LogP contribution in [0.1, 0.15) is 5.82 Å².